The zero-order valence-electron chi connectivity index (χ0n) is 15.2. The Labute approximate surface area is 132 Å². The Morgan fingerprint density at radius 1 is 1.10 bits per heavy atom. The van der Waals surface area contributed by atoms with E-state index in [-0.39, 0.29) is 0 Å². The van der Waals surface area contributed by atoms with Crippen LogP contribution in [0, 0.1) is 11.3 Å². The summed E-state index contributed by atoms with van der Waals surface area (Å²) in [6.07, 6.45) is 7.82. The summed E-state index contributed by atoms with van der Waals surface area (Å²) in [4.78, 5) is 5.03. The van der Waals surface area contributed by atoms with Crippen LogP contribution in [0.4, 0.5) is 0 Å². The lowest BCUT2D eigenvalue weighted by Crippen LogP contribution is -2.61. The molecule has 0 aromatic carbocycles. The van der Waals surface area contributed by atoms with Crippen LogP contribution in [0.2, 0.25) is 0 Å². The zero-order valence-corrected chi connectivity index (χ0v) is 15.2. The van der Waals surface area contributed by atoms with Crippen molar-refractivity contribution in [3.63, 3.8) is 0 Å². The molecule has 2 aliphatic carbocycles. The number of hydrogen-bond acceptors (Lipinski definition) is 3. The number of nitrogens with zero attached hydrogens (tertiary/aromatic N) is 2. The summed E-state index contributed by atoms with van der Waals surface area (Å²) in [6, 6.07) is 0.910. The van der Waals surface area contributed by atoms with Crippen molar-refractivity contribution in [2.75, 3.05) is 27.7 Å². The number of hydrogen-bond donors (Lipinski definition) is 1. The van der Waals surface area contributed by atoms with Gasteiger partial charge in [-0.3, -0.25) is 0 Å². The van der Waals surface area contributed by atoms with Crippen LogP contribution in [0.1, 0.15) is 59.3 Å². The van der Waals surface area contributed by atoms with Crippen LogP contribution in [-0.4, -0.2) is 55.1 Å². The van der Waals surface area contributed by atoms with Gasteiger partial charge in [0, 0.05) is 24.2 Å². The van der Waals surface area contributed by atoms with Crippen molar-refractivity contribution < 1.29 is 0 Å². The highest BCUT2D eigenvalue weighted by atomic mass is 15.2. The molecule has 0 aromatic heterocycles. The molecule has 2 saturated carbocycles. The molecule has 0 spiro atoms. The van der Waals surface area contributed by atoms with Gasteiger partial charge in [-0.1, -0.05) is 20.8 Å². The predicted molar refractivity (Wildman–Crippen MR) is 91.5 cm³/mol. The second-order valence-electron chi connectivity index (χ2n) is 8.99. The largest absolute Gasteiger partial charge is 0.326 e. The monoisotopic (exact) mass is 295 g/mol. The first-order valence-electron chi connectivity index (χ1n) is 8.79. The van der Waals surface area contributed by atoms with Crippen molar-refractivity contribution in [3.8, 4) is 0 Å². The maximum absolute atomic E-state index is 6.48. The third-order valence-electron chi connectivity index (χ3n) is 6.44. The summed E-state index contributed by atoms with van der Waals surface area (Å²) in [7, 11) is 6.79. The summed E-state index contributed by atoms with van der Waals surface area (Å²) >= 11 is 0. The van der Waals surface area contributed by atoms with Crippen molar-refractivity contribution >= 4 is 0 Å². The van der Waals surface area contributed by atoms with Gasteiger partial charge in [-0.25, -0.2) is 0 Å². The lowest BCUT2D eigenvalue weighted by molar-refractivity contribution is -0.00296. The van der Waals surface area contributed by atoms with Gasteiger partial charge in [-0.15, -0.1) is 0 Å². The van der Waals surface area contributed by atoms with Gasteiger partial charge in [0.25, 0.3) is 0 Å². The summed E-state index contributed by atoms with van der Waals surface area (Å²) in [5.41, 5.74) is 7.30. The number of nitrogens with two attached hydrogens (primary N) is 1. The Hall–Kier alpha value is -0.120. The minimum absolute atomic E-state index is 0.355. The van der Waals surface area contributed by atoms with Crippen LogP contribution in [0.25, 0.3) is 0 Å². The molecule has 21 heavy (non-hydrogen) atoms. The molecule has 3 heteroatoms. The molecule has 124 valence electrons. The van der Waals surface area contributed by atoms with Gasteiger partial charge in [0.15, 0.2) is 0 Å². The fourth-order valence-corrected chi connectivity index (χ4v) is 4.38. The summed E-state index contributed by atoms with van der Waals surface area (Å²) in [5.74, 6) is 0.807. The topological polar surface area (TPSA) is 32.5 Å². The van der Waals surface area contributed by atoms with E-state index in [0.29, 0.717) is 23.0 Å². The quantitative estimate of drug-likeness (QED) is 0.865. The molecule has 0 heterocycles. The van der Waals surface area contributed by atoms with Crippen molar-refractivity contribution in [1.29, 1.82) is 0 Å². The van der Waals surface area contributed by atoms with Gasteiger partial charge in [-0.05, 0) is 71.0 Å². The highest BCUT2D eigenvalue weighted by Gasteiger charge is 2.43. The predicted octanol–water partition coefficient (Wildman–Crippen LogP) is 2.94. The van der Waals surface area contributed by atoms with Crippen LogP contribution < -0.4 is 5.73 Å². The molecule has 2 aliphatic rings. The van der Waals surface area contributed by atoms with Gasteiger partial charge in [0.1, 0.15) is 0 Å². The lowest BCUT2D eigenvalue weighted by Gasteiger charge is -2.52. The van der Waals surface area contributed by atoms with E-state index in [2.05, 4.69) is 51.7 Å². The van der Waals surface area contributed by atoms with E-state index in [1.165, 1.54) is 45.1 Å². The van der Waals surface area contributed by atoms with Crippen molar-refractivity contribution in [3.05, 3.63) is 0 Å². The van der Waals surface area contributed by atoms with Gasteiger partial charge >= 0.3 is 0 Å². The number of likely N-dealkylation sites (N-methyl/N-ethyl adjacent to an activating group) is 2. The molecule has 0 amide bonds. The highest BCUT2D eigenvalue weighted by molar-refractivity contribution is 5.00. The molecule has 0 radical (unpaired) electrons. The van der Waals surface area contributed by atoms with E-state index in [0.717, 1.165) is 5.92 Å². The molecular weight excluding hydrogens is 258 g/mol. The summed E-state index contributed by atoms with van der Waals surface area (Å²) < 4.78 is 0. The number of rotatable bonds is 4. The maximum Gasteiger partial charge on any atom is 0.0330 e. The lowest BCUT2D eigenvalue weighted by atomic mass is 9.69. The molecule has 3 atom stereocenters. The molecule has 3 unspecified atom stereocenters. The van der Waals surface area contributed by atoms with E-state index in [4.69, 9.17) is 5.73 Å². The van der Waals surface area contributed by atoms with E-state index in [1.54, 1.807) is 0 Å². The third kappa shape index (κ3) is 3.62. The first-order valence-corrected chi connectivity index (χ1v) is 8.79. The zero-order chi connectivity index (χ0) is 15.8. The van der Waals surface area contributed by atoms with Gasteiger partial charge in [0.2, 0.25) is 0 Å². The second-order valence-corrected chi connectivity index (χ2v) is 8.99. The van der Waals surface area contributed by atoms with Crippen LogP contribution in [0.5, 0.6) is 0 Å². The minimum Gasteiger partial charge on any atom is -0.326 e. The van der Waals surface area contributed by atoms with Crippen LogP contribution >= 0.6 is 0 Å². The Bertz CT molecular complexity index is 341. The Morgan fingerprint density at radius 2 is 1.71 bits per heavy atom. The molecule has 2 N–H and O–H groups in total. The van der Waals surface area contributed by atoms with Crippen LogP contribution in [0.15, 0.2) is 0 Å². The van der Waals surface area contributed by atoms with E-state index in [1.807, 2.05) is 0 Å². The molecule has 2 fully saturated rings. The minimum atomic E-state index is 0.355. The van der Waals surface area contributed by atoms with E-state index >= 15 is 0 Å². The summed E-state index contributed by atoms with van der Waals surface area (Å²) in [5, 5.41) is 0. The molecular formula is C18H37N3. The molecule has 2 rings (SSSR count). The van der Waals surface area contributed by atoms with Crippen molar-refractivity contribution in [1.82, 2.24) is 9.80 Å². The average molecular weight is 296 g/mol. The van der Waals surface area contributed by atoms with Crippen molar-refractivity contribution in [2.24, 2.45) is 17.1 Å². The Balaban J connectivity index is 2.01. The normalized spacial score (nSPS) is 33.3. The first-order chi connectivity index (χ1) is 9.66. The molecule has 0 saturated heterocycles. The molecule has 0 aliphatic heterocycles. The summed E-state index contributed by atoms with van der Waals surface area (Å²) in [6.45, 7) is 8.34. The Kier molecular flexibility index (Phi) is 5.07. The fourth-order valence-electron chi connectivity index (χ4n) is 4.38. The first kappa shape index (κ1) is 17.2. The van der Waals surface area contributed by atoms with E-state index in [9.17, 15) is 0 Å². The van der Waals surface area contributed by atoms with Gasteiger partial charge < -0.3 is 15.5 Å². The maximum atomic E-state index is 6.48. The third-order valence-corrected chi connectivity index (χ3v) is 6.44. The van der Waals surface area contributed by atoms with Crippen LogP contribution in [0.3, 0.4) is 0 Å². The standard InChI is InChI=1S/C18H37N3/c1-17(2,3)14-8-9-15(19)16(12-14)21(6)13-18(20(4)5)10-7-11-18/h14-16H,7-13,19H2,1-6H3. The van der Waals surface area contributed by atoms with Crippen molar-refractivity contribution in [2.45, 2.75) is 76.9 Å². The molecule has 0 bridgehead atoms. The van der Waals surface area contributed by atoms with Gasteiger partial charge in [-0.2, -0.15) is 0 Å². The van der Waals surface area contributed by atoms with Gasteiger partial charge in [0.05, 0.1) is 0 Å². The Morgan fingerprint density at radius 3 is 2.14 bits per heavy atom. The molecule has 3 nitrogen and oxygen atoms in total. The smallest absolute Gasteiger partial charge is 0.0330 e. The SMILES string of the molecule is CN(CC1(N(C)C)CCC1)C1CC(C(C)(C)C)CCC1N. The fraction of sp³-hybridized carbons (Fsp3) is 1.00. The van der Waals surface area contributed by atoms with E-state index < -0.39 is 0 Å². The molecule has 0 aromatic rings. The second kappa shape index (κ2) is 6.17. The highest BCUT2D eigenvalue weighted by Crippen LogP contribution is 2.41. The van der Waals surface area contributed by atoms with Crippen LogP contribution in [-0.2, 0) is 0 Å². The average Bonchev–Trinajstić information content (AvgIpc) is 2.32.